The number of aliphatic hydroxyl groups is 1. The van der Waals surface area contributed by atoms with Crippen LogP contribution in [0.1, 0.15) is 30.4 Å². The number of aromatic hydroxyl groups is 1. The first-order valence-electron chi connectivity index (χ1n) is 10.0. The Morgan fingerprint density at radius 3 is 2.41 bits per heavy atom. The minimum absolute atomic E-state index is 0.272. The van der Waals surface area contributed by atoms with Crippen molar-refractivity contribution in [1.82, 2.24) is 9.80 Å². The number of rotatable bonds is 5. The molecule has 2 aliphatic rings. The molecule has 27 heavy (non-hydrogen) atoms. The van der Waals surface area contributed by atoms with E-state index in [0.717, 1.165) is 58.5 Å². The van der Waals surface area contributed by atoms with E-state index in [1.54, 1.807) is 12.3 Å². The highest BCUT2D eigenvalue weighted by Gasteiger charge is 2.44. The Labute approximate surface area is 161 Å². The molecular formula is C22H30N2O3. The van der Waals surface area contributed by atoms with Gasteiger partial charge in [0, 0.05) is 37.7 Å². The molecule has 0 amide bonds. The smallest absolute Gasteiger partial charge is 0.115 e. The second-order valence-corrected chi connectivity index (χ2v) is 8.30. The molecular weight excluding hydrogens is 340 g/mol. The summed E-state index contributed by atoms with van der Waals surface area (Å²) in [7, 11) is 0. The van der Waals surface area contributed by atoms with Crippen molar-refractivity contribution in [3.8, 4) is 5.75 Å². The maximum Gasteiger partial charge on any atom is 0.115 e. The fourth-order valence-electron chi connectivity index (χ4n) is 4.95. The molecule has 5 nitrogen and oxygen atoms in total. The summed E-state index contributed by atoms with van der Waals surface area (Å²) in [4.78, 5) is 4.93. The minimum Gasteiger partial charge on any atom is -0.508 e. The number of hydrogen-bond acceptors (Lipinski definition) is 5. The Balaban J connectivity index is 1.34. The van der Waals surface area contributed by atoms with E-state index < -0.39 is 0 Å². The summed E-state index contributed by atoms with van der Waals surface area (Å²) in [5, 5.41) is 19.8. The Morgan fingerprint density at radius 2 is 1.74 bits per heavy atom. The number of nitrogens with zero attached hydrogens (tertiary/aromatic N) is 2. The summed E-state index contributed by atoms with van der Waals surface area (Å²) in [6.45, 7) is 6.26. The number of phenols is 1. The van der Waals surface area contributed by atoms with Crippen LogP contribution in [0.3, 0.4) is 0 Å². The standard InChI is InChI=1S/C22H30N2O3/c25-16-20-15-24(14-19-4-11-27-17-19)10-7-22(20)5-8-23(9-6-22)13-18-2-1-3-21(26)12-18/h1-4,11-12,17,20,25-26H,5-10,13-16H2/t20-/m0/s1. The normalized spacial score (nSPS) is 23.7. The lowest BCUT2D eigenvalue weighted by atomic mass is 9.64. The van der Waals surface area contributed by atoms with Crippen LogP contribution < -0.4 is 0 Å². The number of furan rings is 1. The van der Waals surface area contributed by atoms with Gasteiger partial charge in [0.1, 0.15) is 5.75 Å². The summed E-state index contributed by atoms with van der Waals surface area (Å²) < 4.78 is 5.19. The summed E-state index contributed by atoms with van der Waals surface area (Å²) in [6.07, 6.45) is 7.01. The molecule has 1 aromatic heterocycles. The third kappa shape index (κ3) is 4.21. The molecule has 5 heteroatoms. The Hall–Kier alpha value is -1.82. The maximum absolute atomic E-state index is 10.1. The lowest BCUT2D eigenvalue weighted by Crippen LogP contribution is -2.53. The van der Waals surface area contributed by atoms with Gasteiger partial charge in [0.15, 0.2) is 0 Å². The predicted octanol–water partition coefficient (Wildman–Crippen LogP) is 3.08. The van der Waals surface area contributed by atoms with Crippen molar-refractivity contribution in [2.75, 3.05) is 32.8 Å². The summed E-state index contributed by atoms with van der Waals surface area (Å²) >= 11 is 0. The van der Waals surface area contributed by atoms with Gasteiger partial charge < -0.3 is 14.6 Å². The SMILES string of the molecule is OC[C@@H]1CN(Cc2ccoc2)CCC12CCN(Cc1cccc(O)c1)CC2. The zero-order valence-electron chi connectivity index (χ0n) is 15.9. The minimum atomic E-state index is 0.272. The van der Waals surface area contributed by atoms with E-state index in [1.807, 2.05) is 24.5 Å². The van der Waals surface area contributed by atoms with Crippen LogP contribution in [-0.4, -0.2) is 52.8 Å². The molecule has 2 saturated heterocycles. The highest BCUT2D eigenvalue weighted by atomic mass is 16.3. The third-order valence-electron chi connectivity index (χ3n) is 6.65. The highest BCUT2D eigenvalue weighted by Crippen LogP contribution is 2.45. The van der Waals surface area contributed by atoms with Gasteiger partial charge in [0.25, 0.3) is 0 Å². The molecule has 0 bridgehead atoms. The number of likely N-dealkylation sites (tertiary alicyclic amines) is 2. The molecule has 1 spiro atoms. The van der Waals surface area contributed by atoms with Crippen LogP contribution in [0, 0.1) is 11.3 Å². The molecule has 3 heterocycles. The number of aliphatic hydroxyl groups excluding tert-OH is 1. The average molecular weight is 370 g/mol. The van der Waals surface area contributed by atoms with E-state index in [2.05, 4.69) is 15.9 Å². The van der Waals surface area contributed by atoms with Crippen molar-refractivity contribution >= 4 is 0 Å². The van der Waals surface area contributed by atoms with Gasteiger partial charge >= 0.3 is 0 Å². The molecule has 1 atom stereocenters. The molecule has 0 radical (unpaired) electrons. The number of phenolic OH excluding ortho intramolecular Hbond substituents is 1. The van der Waals surface area contributed by atoms with Crippen LogP contribution >= 0.6 is 0 Å². The van der Waals surface area contributed by atoms with Crippen molar-refractivity contribution in [1.29, 1.82) is 0 Å². The van der Waals surface area contributed by atoms with Gasteiger partial charge in [-0.05, 0) is 68.1 Å². The summed E-state index contributed by atoms with van der Waals surface area (Å²) in [6, 6.07) is 9.59. The van der Waals surface area contributed by atoms with Crippen LogP contribution in [-0.2, 0) is 13.1 Å². The molecule has 0 unspecified atom stereocenters. The van der Waals surface area contributed by atoms with Crippen molar-refractivity contribution in [3.05, 3.63) is 54.0 Å². The first-order valence-corrected chi connectivity index (χ1v) is 10.0. The van der Waals surface area contributed by atoms with Crippen molar-refractivity contribution in [2.24, 2.45) is 11.3 Å². The van der Waals surface area contributed by atoms with Crippen LogP contribution in [0.4, 0.5) is 0 Å². The first-order chi connectivity index (χ1) is 13.2. The van der Waals surface area contributed by atoms with Gasteiger partial charge in [0.05, 0.1) is 12.5 Å². The fourth-order valence-corrected chi connectivity index (χ4v) is 4.95. The van der Waals surface area contributed by atoms with Gasteiger partial charge in [-0.15, -0.1) is 0 Å². The van der Waals surface area contributed by atoms with Gasteiger partial charge in [-0.2, -0.15) is 0 Å². The molecule has 1 aromatic carbocycles. The van der Waals surface area contributed by atoms with E-state index in [9.17, 15) is 10.2 Å². The van der Waals surface area contributed by atoms with Gasteiger partial charge in [0.2, 0.25) is 0 Å². The Kier molecular flexibility index (Phi) is 5.53. The third-order valence-corrected chi connectivity index (χ3v) is 6.65. The Morgan fingerprint density at radius 1 is 1.00 bits per heavy atom. The average Bonchev–Trinajstić information content (AvgIpc) is 3.18. The molecule has 2 aliphatic heterocycles. The monoisotopic (exact) mass is 370 g/mol. The van der Waals surface area contributed by atoms with Crippen LogP contribution in [0.2, 0.25) is 0 Å². The predicted molar refractivity (Wildman–Crippen MR) is 104 cm³/mol. The zero-order chi connectivity index (χ0) is 18.7. The molecule has 2 fully saturated rings. The van der Waals surface area contributed by atoms with Gasteiger partial charge in [-0.1, -0.05) is 12.1 Å². The van der Waals surface area contributed by atoms with Crippen molar-refractivity contribution in [2.45, 2.75) is 32.4 Å². The maximum atomic E-state index is 10.1. The molecule has 146 valence electrons. The van der Waals surface area contributed by atoms with Crippen molar-refractivity contribution in [3.63, 3.8) is 0 Å². The molecule has 2 N–H and O–H groups in total. The highest BCUT2D eigenvalue weighted by molar-refractivity contribution is 5.27. The van der Waals surface area contributed by atoms with E-state index in [-0.39, 0.29) is 12.0 Å². The van der Waals surface area contributed by atoms with Crippen LogP contribution in [0.5, 0.6) is 5.75 Å². The first kappa shape index (κ1) is 18.5. The molecule has 4 rings (SSSR count). The second kappa shape index (κ2) is 8.05. The van der Waals surface area contributed by atoms with E-state index in [0.29, 0.717) is 11.7 Å². The topological polar surface area (TPSA) is 60.1 Å². The molecule has 0 aliphatic carbocycles. The summed E-state index contributed by atoms with van der Waals surface area (Å²) in [5.74, 6) is 0.687. The number of piperidine rings is 2. The van der Waals surface area contributed by atoms with E-state index in [1.165, 1.54) is 11.1 Å². The molecule has 0 saturated carbocycles. The fraction of sp³-hybridized carbons (Fsp3) is 0.545. The molecule has 2 aromatic rings. The lowest BCUT2D eigenvalue weighted by molar-refractivity contribution is -0.0450. The van der Waals surface area contributed by atoms with Gasteiger partial charge in [-0.3, -0.25) is 9.80 Å². The van der Waals surface area contributed by atoms with Gasteiger partial charge in [-0.25, -0.2) is 0 Å². The Bertz CT molecular complexity index is 723. The van der Waals surface area contributed by atoms with E-state index in [4.69, 9.17) is 4.42 Å². The van der Waals surface area contributed by atoms with E-state index >= 15 is 0 Å². The quantitative estimate of drug-likeness (QED) is 0.847. The number of hydrogen-bond donors (Lipinski definition) is 2. The van der Waals surface area contributed by atoms with Crippen molar-refractivity contribution < 1.29 is 14.6 Å². The summed E-state index contributed by atoms with van der Waals surface area (Å²) in [5.41, 5.74) is 2.65. The van der Waals surface area contributed by atoms with Crippen LogP contribution in [0.15, 0.2) is 47.3 Å². The largest absolute Gasteiger partial charge is 0.508 e. The van der Waals surface area contributed by atoms with Crippen LogP contribution in [0.25, 0.3) is 0 Å². The lowest BCUT2D eigenvalue weighted by Gasteiger charge is -2.51. The second-order valence-electron chi connectivity index (χ2n) is 8.30. The number of benzene rings is 1. The zero-order valence-corrected chi connectivity index (χ0v) is 15.9.